The number of pyridine rings is 1. The van der Waals surface area contributed by atoms with Crippen LogP contribution < -0.4 is 4.74 Å². The van der Waals surface area contributed by atoms with Gasteiger partial charge in [-0.15, -0.1) is 0 Å². The van der Waals surface area contributed by atoms with Gasteiger partial charge in [-0.25, -0.2) is 4.98 Å². The second-order valence-electron chi connectivity index (χ2n) is 4.22. The minimum absolute atomic E-state index is 0.501. The maximum Gasteiger partial charge on any atom is 0.171 e. The molecule has 0 spiro atoms. The summed E-state index contributed by atoms with van der Waals surface area (Å²) in [4.78, 5) is 4.16. The lowest BCUT2D eigenvalue weighted by molar-refractivity contribution is 0.271. The lowest BCUT2D eigenvalue weighted by Crippen LogP contribution is -2.13. The number of halogens is 1. The first-order valence-electron chi connectivity index (χ1n) is 6.89. The number of rotatable bonds is 0. The number of fused-ring (bicyclic) bond motifs is 1. The van der Waals surface area contributed by atoms with E-state index in [0.717, 1.165) is 24.5 Å². The molecule has 1 aliphatic heterocycles. The zero-order valence-corrected chi connectivity index (χ0v) is 13.3. The molecule has 0 amide bonds. The molecule has 2 heterocycles. The molecule has 1 aliphatic rings. The molecule has 0 fully saturated rings. The molecule has 1 aromatic heterocycles. The normalized spacial score (nSPS) is 16.3. The highest BCUT2D eigenvalue weighted by Crippen LogP contribution is 2.37. The van der Waals surface area contributed by atoms with Crippen LogP contribution in [0.25, 0.3) is 0 Å². The molecule has 0 saturated carbocycles. The number of hydrogen-bond donors (Lipinski definition) is 0. The van der Waals surface area contributed by atoms with E-state index in [-0.39, 0.29) is 0 Å². The number of nitrogens with zero attached hydrogens (tertiary/aromatic N) is 1. The van der Waals surface area contributed by atoms with Crippen LogP contribution in [0.2, 0.25) is 5.15 Å². The third-order valence-corrected chi connectivity index (χ3v) is 2.67. The van der Waals surface area contributed by atoms with Gasteiger partial charge in [-0.05, 0) is 25.3 Å². The van der Waals surface area contributed by atoms with E-state index in [0.29, 0.717) is 11.1 Å². The predicted molar refractivity (Wildman–Crippen MR) is 79.8 cm³/mol. The van der Waals surface area contributed by atoms with Crippen molar-refractivity contribution in [3.8, 4) is 5.75 Å². The second-order valence-corrected chi connectivity index (χ2v) is 4.58. The van der Waals surface area contributed by atoms with Gasteiger partial charge in [0.25, 0.3) is 0 Å². The van der Waals surface area contributed by atoms with Crippen LogP contribution >= 0.6 is 11.6 Å². The third-order valence-electron chi connectivity index (χ3n) is 2.42. The summed E-state index contributed by atoms with van der Waals surface area (Å²) in [7, 11) is 0. The van der Waals surface area contributed by atoms with Gasteiger partial charge in [0.2, 0.25) is 0 Å². The molecule has 1 unspecified atom stereocenters. The van der Waals surface area contributed by atoms with Gasteiger partial charge in [-0.3, -0.25) is 0 Å². The Kier molecular flexibility index (Phi) is 8.82. The first kappa shape index (κ1) is 17.2. The van der Waals surface area contributed by atoms with Crippen LogP contribution in [-0.2, 0) is 0 Å². The van der Waals surface area contributed by atoms with Crippen LogP contribution in [0.15, 0.2) is 6.07 Å². The smallest absolute Gasteiger partial charge is 0.171 e. The van der Waals surface area contributed by atoms with Gasteiger partial charge in [0.1, 0.15) is 0 Å². The van der Waals surface area contributed by atoms with Crippen molar-refractivity contribution < 1.29 is 4.74 Å². The summed E-state index contributed by atoms with van der Waals surface area (Å²) in [5.74, 6) is 1.31. The van der Waals surface area contributed by atoms with E-state index in [1.807, 2.05) is 20.8 Å². The molecule has 0 aromatic carbocycles. The van der Waals surface area contributed by atoms with E-state index in [9.17, 15) is 0 Å². The number of aromatic nitrogens is 1. The Morgan fingerprint density at radius 1 is 1.39 bits per heavy atom. The van der Waals surface area contributed by atoms with Gasteiger partial charge in [0, 0.05) is 11.3 Å². The Labute approximate surface area is 117 Å². The Morgan fingerprint density at radius 2 is 1.94 bits per heavy atom. The van der Waals surface area contributed by atoms with Gasteiger partial charge >= 0.3 is 0 Å². The zero-order valence-electron chi connectivity index (χ0n) is 12.5. The monoisotopic (exact) mass is 271 g/mol. The van der Waals surface area contributed by atoms with Crippen molar-refractivity contribution in [1.29, 1.82) is 0 Å². The summed E-state index contributed by atoms with van der Waals surface area (Å²) in [5, 5.41) is 0.501. The summed E-state index contributed by atoms with van der Waals surface area (Å²) in [5.41, 5.74) is 2.16. The maximum atomic E-state index is 5.98. The van der Waals surface area contributed by atoms with E-state index in [1.54, 1.807) is 0 Å². The summed E-state index contributed by atoms with van der Waals surface area (Å²) in [6, 6.07) is 2.06. The highest BCUT2D eigenvalue weighted by molar-refractivity contribution is 6.31. The fourth-order valence-corrected chi connectivity index (χ4v) is 1.95. The number of ether oxygens (including phenoxy) is 1. The molecule has 18 heavy (non-hydrogen) atoms. The molecule has 2 nitrogen and oxygen atoms in total. The molecule has 2 rings (SSSR count). The standard InChI is InChI=1S/C10H12ClNO.C3H8.C2H6/c1-6-3-4-13-9-8(6)5-7(2)12-10(9)11;1-3-2;1-2/h5-6H,3-4H2,1-2H3;3H2,1-2H3;1-2H3. The Hall–Kier alpha value is -0.760. The lowest BCUT2D eigenvalue weighted by atomic mass is 9.96. The summed E-state index contributed by atoms with van der Waals surface area (Å²) < 4.78 is 5.49. The molecular weight excluding hydrogens is 246 g/mol. The average molecular weight is 272 g/mol. The predicted octanol–water partition coefficient (Wildman–Crippen LogP) is 5.37. The van der Waals surface area contributed by atoms with Crippen LogP contribution in [-0.4, -0.2) is 11.6 Å². The van der Waals surface area contributed by atoms with Crippen molar-refractivity contribution in [3.05, 3.63) is 22.5 Å². The number of aryl methyl sites for hydroxylation is 1. The van der Waals surface area contributed by atoms with Crippen molar-refractivity contribution in [3.63, 3.8) is 0 Å². The minimum Gasteiger partial charge on any atom is -0.490 e. The maximum absolute atomic E-state index is 5.98. The van der Waals surface area contributed by atoms with Gasteiger partial charge in [0.15, 0.2) is 10.9 Å². The van der Waals surface area contributed by atoms with E-state index in [1.165, 1.54) is 12.0 Å². The van der Waals surface area contributed by atoms with Crippen molar-refractivity contribution in [2.75, 3.05) is 6.61 Å². The molecule has 0 N–H and O–H groups in total. The van der Waals surface area contributed by atoms with Crippen LogP contribution in [0.4, 0.5) is 0 Å². The highest BCUT2D eigenvalue weighted by atomic mass is 35.5. The molecule has 0 radical (unpaired) electrons. The molecule has 0 aliphatic carbocycles. The minimum atomic E-state index is 0.501. The molecule has 1 aromatic rings. The molecule has 0 bridgehead atoms. The van der Waals surface area contributed by atoms with E-state index in [4.69, 9.17) is 16.3 Å². The second kappa shape index (κ2) is 9.21. The molecule has 3 heteroatoms. The van der Waals surface area contributed by atoms with Gasteiger partial charge in [-0.2, -0.15) is 0 Å². The Bertz CT molecular complexity index is 353. The number of hydrogen-bond acceptors (Lipinski definition) is 2. The van der Waals surface area contributed by atoms with E-state index >= 15 is 0 Å². The van der Waals surface area contributed by atoms with Crippen molar-refractivity contribution >= 4 is 11.6 Å². The first-order valence-corrected chi connectivity index (χ1v) is 7.27. The Morgan fingerprint density at radius 3 is 2.50 bits per heavy atom. The van der Waals surface area contributed by atoms with Crippen molar-refractivity contribution in [1.82, 2.24) is 4.98 Å². The molecule has 1 atom stereocenters. The molecule has 0 saturated heterocycles. The van der Waals surface area contributed by atoms with E-state index < -0.39 is 0 Å². The zero-order chi connectivity index (χ0) is 14.1. The largest absolute Gasteiger partial charge is 0.490 e. The van der Waals surface area contributed by atoms with Crippen molar-refractivity contribution in [2.45, 2.75) is 60.3 Å². The average Bonchev–Trinajstić information content (AvgIpc) is 2.34. The van der Waals surface area contributed by atoms with E-state index in [2.05, 4.69) is 31.8 Å². The Balaban J connectivity index is 0.000000509. The summed E-state index contributed by atoms with van der Waals surface area (Å²) >= 11 is 5.98. The lowest BCUT2D eigenvalue weighted by Gasteiger charge is -2.23. The highest BCUT2D eigenvalue weighted by Gasteiger charge is 2.21. The summed E-state index contributed by atoms with van der Waals surface area (Å²) in [6.45, 7) is 13.1. The summed E-state index contributed by atoms with van der Waals surface area (Å²) in [6.07, 6.45) is 2.31. The first-order chi connectivity index (χ1) is 8.60. The third kappa shape index (κ3) is 4.85. The van der Waals surface area contributed by atoms with Crippen LogP contribution in [0.1, 0.15) is 64.6 Å². The molecular formula is C15H26ClNO. The van der Waals surface area contributed by atoms with Crippen LogP contribution in [0.3, 0.4) is 0 Å². The fourth-order valence-electron chi connectivity index (χ4n) is 1.65. The fraction of sp³-hybridized carbons (Fsp3) is 0.667. The van der Waals surface area contributed by atoms with Crippen molar-refractivity contribution in [2.24, 2.45) is 0 Å². The van der Waals surface area contributed by atoms with Gasteiger partial charge in [0.05, 0.1) is 6.61 Å². The van der Waals surface area contributed by atoms with Crippen LogP contribution in [0.5, 0.6) is 5.75 Å². The quantitative estimate of drug-likeness (QED) is 0.592. The van der Waals surface area contributed by atoms with Crippen LogP contribution in [0, 0.1) is 6.92 Å². The van der Waals surface area contributed by atoms with Gasteiger partial charge < -0.3 is 4.74 Å². The SMILES string of the molecule is CC.CCC.Cc1cc2c(c(Cl)n1)OCCC2C. The topological polar surface area (TPSA) is 22.1 Å². The molecule has 104 valence electrons. The van der Waals surface area contributed by atoms with Gasteiger partial charge in [-0.1, -0.05) is 52.6 Å².